The van der Waals surface area contributed by atoms with Crippen molar-refractivity contribution in [2.75, 3.05) is 14.1 Å². The Kier molecular flexibility index (Phi) is 6.89. The third-order valence-electron chi connectivity index (χ3n) is 3.84. The molecule has 26 heavy (non-hydrogen) atoms. The van der Waals surface area contributed by atoms with Crippen molar-refractivity contribution in [1.82, 2.24) is 4.90 Å². The first kappa shape index (κ1) is 19.6. The van der Waals surface area contributed by atoms with Crippen LogP contribution < -0.4 is 0 Å². The number of nitrogens with zero attached hydrogens (tertiary/aromatic N) is 1. The third kappa shape index (κ3) is 5.40. The Balaban J connectivity index is 2.20. The fourth-order valence-electron chi connectivity index (χ4n) is 2.25. The van der Waals surface area contributed by atoms with Crippen molar-refractivity contribution >= 4 is 11.9 Å². The van der Waals surface area contributed by atoms with Gasteiger partial charge in [-0.1, -0.05) is 60.7 Å². The first-order valence-corrected chi connectivity index (χ1v) is 8.22. The maximum Gasteiger partial charge on any atom is 0.365 e. The van der Waals surface area contributed by atoms with Gasteiger partial charge in [0.2, 0.25) is 5.91 Å². The minimum atomic E-state index is -2.06. The van der Waals surface area contributed by atoms with E-state index in [1.54, 1.807) is 14.1 Å². The van der Waals surface area contributed by atoms with Crippen LogP contribution in [0.15, 0.2) is 60.7 Å². The standard InChI is InChI=1S/C20H23NO5/c1-21(2)18(22)13-20(19(23)24,25-14-16-9-5-3-6-10-16)26-15-17-11-7-4-8-12-17/h3-12H,13-15H2,1-2H3,(H,23,24). The molecule has 0 bridgehead atoms. The van der Waals surface area contributed by atoms with E-state index in [9.17, 15) is 14.7 Å². The second-order valence-electron chi connectivity index (χ2n) is 6.07. The van der Waals surface area contributed by atoms with Crippen LogP contribution >= 0.6 is 0 Å². The molecule has 0 spiro atoms. The van der Waals surface area contributed by atoms with Crippen LogP contribution in [0.1, 0.15) is 17.5 Å². The van der Waals surface area contributed by atoms with Crippen LogP contribution in [0.3, 0.4) is 0 Å². The van der Waals surface area contributed by atoms with Gasteiger partial charge in [0.1, 0.15) is 0 Å². The summed E-state index contributed by atoms with van der Waals surface area (Å²) in [5.41, 5.74) is 1.58. The highest BCUT2D eigenvalue weighted by atomic mass is 16.7. The summed E-state index contributed by atoms with van der Waals surface area (Å²) in [4.78, 5) is 25.5. The van der Waals surface area contributed by atoms with Crippen molar-refractivity contribution in [2.24, 2.45) is 0 Å². The van der Waals surface area contributed by atoms with Crippen molar-refractivity contribution in [2.45, 2.75) is 25.4 Å². The Morgan fingerprint density at radius 2 is 1.31 bits per heavy atom. The number of rotatable bonds is 9. The van der Waals surface area contributed by atoms with Crippen molar-refractivity contribution in [1.29, 1.82) is 0 Å². The summed E-state index contributed by atoms with van der Waals surface area (Å²) in [7, 11) is 3.12. The molecule has 0 saturated carbocycles. The fraction of sp³-hybridized carbons (Fsp3) is 0.300. The molecule has 6 heteroatoms. The zero-order chi connectivity index (χ0) is 19.0. The molecule has 1 N–H and O–H groups in total. The van der Waals surface area contributed by atoms with Gasteiger partial charge in [0.15, 0.2) is 0 Å². The Hall–Kier alpha value is -2.70. The largest absolute Gasteiger partial charge is 0.477 e. The number of carboxylic acid groups (broad SMARTS) is 1. The van der Waals surface area contributed by atoms with Crippen molar-refractivity contribution < 1.29 is 24.2 Å². The molecule has 6 nitrogen and oxygen atoms in total. The van der Waals surface area contributed by atoms with E-state index < -0.39 is 24.1 Å². The highest BCUT2D eigenvalue weighted by Crippen LogP contribution is 2.24. The molecular formula is C20H23NO5. The van der Waals surface area contributed by atoms with Gasteiger partial charge in [0.25, 0.3) is 5.79 Å². The Labute approximate surface area is 153 Å². The topological polar surface area (TPSA) is 76.1 Å². The predicted octanol–water partition coefficient (Wildman–Crippen LogP) is 2.68. The average molecular weight is 357 g/mol. The van der Waals surface area contributed by atoms with Gasteiger partial charge in [-0.2, -0.15) is 0 Å². The van der Waals surface area contributed by atoms with E-state index in [1.165, 1.54) is 4.90 Å². The number of hydrogen-bond acceptors (Lipinski definition) is 4. The monoisotopic (exact) mass is 357 g/mol. The quantitative estimate of drug-likeness (QED) is 0.698. The Morgan fingerprint density at radius 1 is 0.885 bits per heavy atom. The van der Waals surface area contributed by atoms with Crippen LogP contribution in [0.4, 0.5) is 0 Å². The summed E-state index contributed by atoms with van der Waals surface area (Å²) >= 11 is 0. The average Bonchev–Trinajstić information content (AvgIpc) is 2.65. The number of carboxylic acids is 1. The summed E-state index contributed by atoms with van der Waals surface area (Å²) < 4.78 is 11.3. The van der Waals surface area contributed by atoms with Crippen LogP contribution in [-0.2, 0) is 32.3 Å². The molecule has 0 saturated heterocycles. The van der Waals surface area contributed by atoms with Crippen LogP contribution in [0.2, 0.25) is 0 Å². The van der Waals surface area contributed by atoms with Crippen molar-refractivity contribution in [3.05, 3.63) is 71.8 Å². The lowest BCUT2D eigenvalue weighted by Crippen LogP contribution is -2.48. The maximum atomic E-state index is 12.2. The smallest absolute Gasteiger partial charge is 0.365 e. The third-order valence-corrected chi connectivity index (χ3v) is 3.84. The molecule has 0 aliphatic heterocycles. The first-order chi connectivity index (χ1) is 12.4. The van der Waals surface area contributed by atoms with Gasteiger partial charge in [-0.05, 0) is 11.1 Å². The maximum absolute atomic E-state index is 12.2. The summed E-state index contributed by atoms with van der Waals surface area (Å²) in [6.45, 7) is 0.0330. The van der Waals surface area contributed by atoms with E-state index in [2.05, 4.69) is 0 Å². The molecule has 0 aromatic heterocycles. The van der Waals surface area contributed by atoms with Crippen molar-refractivity contribution in [3.63, 3.8) is 0 Å². The molecule has 0 atom stereocenters. The lowest BCUT2D eigenvalue weighted by atomic mass is 10.1. The Morgan fingerprint density at radius 3 is 1.65 bits per heavy atom. The molecule has 2 rings (SSSR count). The molecule has 2 aromatic carbocycles. The van der Waals surface area contributed by atoms with Crippen LogP contribution in [0.5, 0.6) is 0 Å². The molecule has 0 unspecified atom stereocenters. The highest BCUT2D eigenvalue weighted by molar-refractivity contribution is 5.85. The number of ether oxygens (including phenoxy) is 2. The van der Waals surface area contributed by atoms with Gasteiger partial charge in [-0.15, -0.1) is 0 Å². The van der Waals surface area contributed by atoms with Crippen molar-refractivity contribution in [3.8, 4) is 0 Å². The molecule has 1 amide bonds. The summed E-state index contributed by atoms with van der Waals surface area (Å²) in [5.74, 6) is -3.79. The zero-order valence-electron chi connectivity index (χ0n) is 14.9. The SMILES string of the molecule is CN(C)C(=O)CC(OCc1ccccc1)(OCc1ccccc1)C(=O)O. The number of hydrogen-bond donors (Lipinski definition) is 1. The number of carbonyl (C=O) groups excluding carboxylic acids is 1. The summed E-state index contributed by atoms with van der Waals surface area (Å²) in [5, 5.41) is 9.79. The first-order valence-electron chi connectivity index (χ1n) is 8.22. The molecule has 0 radical (unpaired) electrons. The van der Waals surface area contributed by atoms with Crippen LogP contribution in [0, 0.1) is 0 Å². The second kappa shape index (κ2) is 9.12. The van der Waals surface area contributed by atoms with E-state index in [1.807, 2.05) is 60.7 Å². The molecular weight excluding hydrogens is 334 g/mol. The van der Waals surface area contributed by atoms with Crippen LogP contribution in [-0.4, -0.2) is 41.8 Å². The fourth-order valence-corrected chi connectivity index (χ4v) is 2.25. The van der Waals surface area contributed by atoms with Gasteiger partial charge in [0, 0.05) is 14.1 Å². The lowest BCUT2D eigenvalue weighted by Gasteiger charge is -2.30. The predicted molar refractivity (Wildman–Crippen MR) is 96.1 cm³/mol. The molecule has 0 fully saturated rings. The van der Waals surface area contributed by atoms with Gasteiger partial charge in [-0.3, -0.25) is 4.79 Å². The minimum absolute atomic E-state index is 0.0165. The van der Waals surface area contributed by atoms with Gasteiger partial charge in [0.05, 0.1) is 19.6 Å². The normalized spacial score (nSPS) is 11.2. The van der Waals surface area contributed by atoms with E-state index >= 15 is 0 Å². The van der Waals surface area contributed by atoms with Gasteiger partial charge >= 0.3 is 5.97 Å². The van der Waals surface area contributed by atoms with E-state index in [0.717, 1.165) is 11.1 Å². The van der Waals surface area contributed by atoms with E-state index in [-0.39, 0.29) is 13.2 Å². The number of carbonyl (C=O) groups is 2. The summed E-state index contributed by atoms with van der Waals surface area (Å²) in [6, 6.07) is 18.3. The number of amides is 1. The molecule has 138 valence electrons. The number of benzene rings is 2. The van der Waals surface area contributed by atoms with E-state index in [0.29, 0.717) is 0 Å². The van der Waals surface area contributed by atoms with E-state index in [4.69, 9.17) is 9.47 Å². The molecule has 2 aromatic rings. The second-order valence-corrected chi connectivity index (χ2v) is 6.07. The van der Waals surface area contributed by atoms with Gasteiger partial charge < -0.3 is 19.5 Å². The lowest BCUT2D eigenvalue weighted by molar-refractivity contribution is -0.255. The zero-order valence-corrected chi connectivity index (χ0v) is 14.9. The minimum Gasteiger partial charge on any atom is -0.477 e. The molecule has 0 aliphatic rings. The number of aliphatic carboxylic acids is 1. The molecule has 0 heterocycles. The Bertz CT molecular complexity index is 672. The highest BCUT2D eigenvalue weighted by Gasteiger charge is 2.44. The van der Waals surface area contributed by atoms with Gasteiger partial charge in [-0.25, -0.2) is 4.79 Å². The summed E-state index contributed by atoms with van der Waals surface area (Å²) in [6.07, 6.45) is -0.422. The van der Waals surface area contributed by atoms with Crippen LogP contribution in [0.25, 0.3) is 0 Å². The molecule has 0 aliphatic carbocycles.